The third kappa shape index (κ3) is 2.29. The van der Waals surface area contributed by atoms with Gasteiger partial charge >= 0.3 is 0 Å². The first-order valence-corrected chi connectivity index (χ1v) is 5.00. The molecule has 1 rings (SSSR count). The SMILES string of the molecule is CCCc1cnc(C(C)C)s1. The van der Waals surface area contributed by atoms with E-state index in [1.807, 2.05) is 17.5 Å². The summed E-state index contributed by atoms with van der Waals surface area (Å²) in [6.07, 6.45) is 4.42. The predicted octanol–water partition coefficient (Wildman–Crippen LogP) is 3.22. The molecule has 0 aliphatic carbocycles. The molecule has 0 aromatic carbocycles. The zero-order valence-electron chi connectivity index (χ0n) is 7.42. The average molecular weight is 169 g/mol. The van der Waals surface area contributed by atoms with E-state index in [9.17, 15) is 0 Å². The van der Waals surface area contributed by atoms with Crippen LogP contribution < -0.4 is 0 Å². The molecule has 1 heterocycles. The van der Waals surface area contributed by atoms with E-state index in [0.717, 1.165) is 0 Å². The van der Waals surface area contributed by atoms with Crippen LogP contribution in [0.1, 0.15) is 43.0 Å². The lowest BCUT2D eigenvalue weighted by Gasteiger charge is -1.95. The van der Waals surface area contributed by atoms with Crippen molar-refractivity contribution in [3.8, 4) is 0 Å². The molecule has 0 fully saturated rings. The molecular formula is C9H15NS. The molecule has 1 aromatic rings. The number of aromatic nitrogens is 1. The summed E-state index contributed by atoms with van der Waals surface area (Å²) in [5, 5.41) is 1.27. The van der Waals surface area contributed by atoms with Gasteiger partial charge in [-0.3, -0.25) is 0 Å². The summed E-state index contributed by atoms with van der Waals surface area (Å²) in [5.41, 5.74) is 0. The highest BCUT2D eigenvalue weighted by Crippen LogP contribution is 2.21. The Hall–Kier alpha value is -0.370. The summed E-state index contributed by atoms with van der Waals surface area (Å²) < 4.78 is 0. The lowest BCUT2D eigenvalue weighted by atomic mass is 10.2. The predicted molar refractivity (Wildman–Crippen MR) is 50.2 cm³/mol. The maximum atomic E-state index is 4.35. The van der Waals surface area contributed by atoms with Crippen LogP contribution in [-0.4, -0.2) is 4.98 Å². The van der Waals surface area contributed by atoms with Crippen LogP contribution in [0.25, 0.3) is 0 Å². The zero-order chi connectivity index (χ0) is 8.27. The minimum atomic E-state index is 0.589. The highest BCUT2D eigenvalue weighted by atomic mass is 32.1. The number of nitrogens with zero attached hydrogens (tertiary/aromatic N) is 1. The molecule has 0 atom stereocenters. The van der Waals surface area contributed by atoms with Crippen molar-refractivity contribution in [3.63, 3.8) is 0 Å². The van der Waals surface area contributed by atoms with Gasteiger partial charge < -0.3 is 0 Å². The number of rotatable bonds is 3. The molecule has 62 valence electrons. The zero-order valence-corrected chi connectivity index (χ0v) is 8.24. The molecule has 0 spiro atoms. The van der Waals surface area contributed by atoms with Crippen LogP contribution in [0.2, 0.25) is 0 Å². The Kier molecular flexibility index (Phi) is 3.06. The second-order valence-corrected chi connectivity index (χ2v) is 4.22. The van der Waals surface area contributed by atoms with Gasteiger partial charge in [-0.25, -0.2) is 4.98 Å². The minimum absolute atomic E-state index is 0.589. The Morgan fingerprint density at radius 2 is 2.27 bits per heavy atom. The normalized spacial score (nSPS) is 10.9. The Bertz CT molecular complexity index is 215. The first kappa shape index (κ1) is 8.72. The first-order valence-electron chi connectivity index (χ1n) is 4.18. The second kappa shape index (κ2) is 3.86. The number of hydrogen-bond donors (Lipinski definition) is 0. The fraction of sp³-hybridized carbons (Fsp3) is 0.667. The lowest BCUT2D eigenvalue weighted by molar-refractivity contribution is 0.852. The molecule has 0 bridgehead atoms. The molecule has 1 aromatic heterocycles. The second-order valence-electron chi connectivity index (χ2n) is 3.07. The van der Waals surface area contributed by atoms with E-state index in [1.54, 1.807) is 0 Å². The molecule has 0 amide bonds. The third-order valence-corrected chi connectivity index (χ3v) is 2.92. The van der Waals surface area contributed by atoms with E-state index >= 15 is 0 Å². The van der Waals surface area contributed by atoms with Gasteiger partial charge in [-0.15, -0.1) is 11.3 Å². The first-order chi connectivity index (χ1) is 5.24. The van der Waals surface area contributed by atoms with Gasteiger partial charge in [0.25, 0.3) is 0 Å². The summed E-state index contributed by atoms with van der Waals surface area (Å²) in [6, 6.07) is 0. The van der Waals surface area contributed by atoms with Gasteiger partial charge in [0.2, 0.25) is 0 Å². The van der Waals surface area contributed by atoms with Crippen molar-refractivity contribution in [2.75, 3.05) is 0 Å². The number of thiazole rings is 1. The van der Waals surface area contributed by atoms with Gasteiger partial charge in [0.15, 0.2) is 0 Å². The van der Waals surface area contributed by atoms with Crippen molar-refractivity contribution in [3.05, 3.63) is 16.1 Å². The molecular weight excluding hydrogens is 154 g/mol. The van der Waals surface area contributed by atoms with E-state index in [2.05, 4.69) is 25.8 Å². The third-order valence-electron chi connectivity index (χ3n) is 1.56. The minimum Gasteiger partial charge on any atom is -0.249 e. The van der Waals surface area contributed by atoms with Crippen molar-refractivity contribution >= 4 is 11.3 Å². The molecule has 11 heavy (non-hydrogen) atoms. The van der Waals surface area contributed by atoms with Gasteiger partial charge in [0.05, 0.1) is 5.01 Å². The molecule has 2 heteroatoms. The summed E-state index contributed by atoms with van der Waals surface area (Å²) in [6.45, 7) is 6.58. The van der Waals surface area contributed by atoms with Crippen molar-refractivity contribution in [1.29, 1.82) is 0 Å². The van der Waals surface area contributed by atoms with E-state index in [4.69, 9.17) is 0 Å². The monoisotopic (exact) mass is 169 g/mol. The lowest BCUT2D eigenvalue weighted by Crippen LogP contribution is -1.81. The summed E-state index contributed by atoms with van der Waals surface area (Å²) in [4.78, 5) is 5.78. The fourth-order valence-electron chi connectivity index (χ4n) is 0.952. The number of aryl methyl sites for hydroxylation is 1. The Morgan fingerprint density at radius 1 is 1.55 bits per heavy atom. The van der Waals surface area contributed by atoms with Gasteiger partial charge in [-0.05, 0) is 6.42 Å². The van der Waals surface area contributed by atoms with Crippen LogP contribution in [0.3, 0.4) is 0 Å². The maximum Gasteiger partial charge on any atom is 0.0953 e. The molecule has 0 N–H and O–H groups in total. The van der Waals surface area contributed by atoms with E-state index in [-0.39, 0.29) is 0 Å². The quantitative estimate of drug-likeness (QED) is 0.677. The molecule has 0 aliphatic rings. The smallest absolute Gasteiger partial charge is 0.0953 e. The molecule has 0 saturated carbocycles. The Balaban J connectivity index is 2.66. The summed E-state index contributed by atoms with van der Waals surface area (Å²) >= 11 is 1.85. The van der Waals surface area contributed by atoms with Crippen molar-refractivity contribution in [2.24, 2.45) is 0 Å². The van der Waals surface area contributed by atoms with Crippen molar-refractivity contribution in [2.45, 2.75) is 39.5 Å². The molecule has 0 saturated heterocycles. The molecule has 0 aliphatic heterocycles. The average Bonchev–Trinajstić information content (AvgIpc) is 2.37. The van der Waals surface area contributed by atoms with Crippen molar-refractivity contribution in [1.82, 2.24) is 4.98 Å². The van der Waals surface area contributed by atoms with Crippen LogP contribution in [0.4, 0.5) is 0 Å². The van der Waals surface area contributed by atoms with E-state index in [1.165, 1.54) is 22.7 Å². The van der Waals surface area contributed by atoms with E-state index in [0.29, 0.717) is 5.92 Å². The standard InChI is InChI=1S/C9H15NS/c1-4-5-8-6-10-9(11-8)7(2)3/h6-7H,4-5H2,1-3H3. The molecule has 1 nitrogen and oxygen atoms in total. The topological polar surface area (TPSA) is 12.9 Å². The van der Waals surface area contributed by atoms with Gasteiger partial charge in [0, 0.05) is 17.0 Å². The molecule has 0 unspecified atom stereocenters. The summed E-state index contributed by atoms with van der Waals surface area (Å²) in [7, 11) is 0. The van der Waals surface area contributed by atoms with Crippen LogP contribution in [0, 0.1) is 0 Å². The largest absolute Gasteiger partial charge is 0.249 e. The van der Waals surface area contributed by atoms with Crippen molar-refractivity contribution < 1.29 is 0 Å². The Labute approximate surface area is 72.5 Å². The maximum absolute atomic E-state index is 4.35. The number of hydrogen-bond acceptors (Lipinski definition) is 2. The van der Waals surface area contributed by atoms with E-state index < -0.39 is 0 Å². The highest BCUT2D eigenvalue weighted by molar-refractivity contribution is 7.11. The summed E-state index contributed by atoms with van der Waals surface area (Å²) in [5.74, 6) is 0.589. The van der Waals surface area contributed by atoms with Crippen LogP contribution in [0.5, 0.6) is 0 Å². The highest BCUT2D eigenvalue weighted by Gasteiger charge is 2.03. The Morgan fingerprint density at radius 3 is 2.73 bits per heavy atom. The fourth-order valence-corrected chi connectivity index (χ4v) is 1.97. The van der Waals surface area contributed by atoms with Crippen LogP contribution >= 0.6 is 11.3 Å². The van der Waals surface area contributed by atoms with Crippen LogP contribution in [-0.2, 0) is 6.42 Å². The van der Waals surface area contributed by atoms with Gasteiger partial charge in [-0.1, -0.05) is 27.2 Å². The van der Waals surface area contributed by atoms with Crippen LogP contribution in [0.15, 0.2) is 6.20 Å². The molecule has 0 radical (unpaired) electrons. The van der Waals surface area contributed by atoms with Gasteiger partial charge in [0.1, 0.15) is 0 Å². The van der Waals surface area contributed by atoms with Gasteiger partial charge in [-0.2, -0.15) is 0 Å².